The molecule has 2 heterocycles. The second kappa shape index (κ2) is 5.26. The van der Waals surface area contributed by atoms with E-state index in [9.17, 15) is 4.79 Å². The zero-order valence-corrected chi connectivity index (χ0v) is 9.52. The topological polar surface area (TPSA) is 95.9 Å². The van der Waals surface area contributed by atoms with E-state index in [1.54, 1.807) is 4.68 Å². The molecule has 1 amide bonds. The number of amides is 1. The van der Waals surface area contributed by atoms with E-state index in [1.807, 2.05) is 0 Å². The van der Waals surface area contributed by atoms with E-state index in [0.29, 0.717) is 11.7 Å². The first-order valence-electron chi connectivity index (χ1n) is 5.04. The summed E-state index contributed by atoms with van der Waals surface area (Å²) >= 11 is 1.24. The molecule has 16 heavy (non-hydrogen) atoms. The number of thioether (sulfide) groups is 1. The minimum Gasteiger partial charge on any atom is -0.376 e. The van der Waals surface area contributed by atoms with Crippen LogP contribution in [0.5, 0.6) is 0 Å². The van der Waals surface area contributed by atoms with Crippen LogP contribution in [0.1, 0.15) is 12.8 Å². The van der Waals surface area contributed by atoms with E-state index < -0.39 is 0 Å². The van der Waals surface area contributed by atoms with Crippen LogP contribution < -0.4 is 5.73 Å². The molecule has 1 aliphatic rings. The molecule has 1 aromatic heterocycles. The van der Waals surface area contributed by atoms with Gasteiger partial charge in [0.2, 0.25) is 11.1 Å². The molecule has 0 radical (unpaired) electrons. The largest absolute Gasteiger partial charge is 0.376 e. The molecule has 2 rings (SSSR count). The number of rotatable bonds is 5. The molecule has 88 valence electrons. The minimum atomic E-state index is -0.378. The number of hydrogen-bond acceptors (Lipinski definition) is 6. The summed E-state index contributed by atoms with van der Waals surface area (Å²) in [5.74, 6) is -0.192. The highest BCUT2D eigenvalue weighted by molar-refractivity contribution is 7.99. The Balaban J connectivity index is 1.92. The number of primary amides is 1. The standard InChI is InChI=1S/C8H13N5O2S/c9-7(14)5-16-8-10-11-12-13(8)4-6-2-1-3-15-6/h6H,1-5H2,(H2,9,14). The number of carbonyl (C=O) groups is 1. The predicted molar refractivity (Wildman–Crippen MR) is 56.7 cm³/mol. The summed E-state index contributed by atoms with van der Waals surface area (Å²) < 4.78 is 7.15. The second-order valence-electron chi connectivity index (χ2n) is 3.53. The summed E-state index contributed by atoms with van der Waals surface area (Å²) in [4.78, 5) is 10.6. The van der Waals surface area contributed by atoms with Gasteiger partial charge in [0.1, 0.15) is 0 Å². The highest BCUT2D eigenvalue weighted by Crippen LogP contribution is 2.17. The lowest BCUT2D eigenvalue weighted by molar-refractivity contribution is -0.115. The number of carbonyl (C=O) groups excluding carboxylic acids is 1. The van der Waals surface area contributed by atoms with Gasteiger partial charge in [0.05, 0.1) is 18.4 Å². The zero-order valence-electron chi connectivity index (χ0n) is 8.70. The number of nitrogens with zero attached hydrogens (tertiary/aromatic N) is 4. The molecule has 7 nitrogen and oxygen atoms in total. The van der Waals surface area contributed by atoms with E-state index >= 15 is 0 Å². The molecule has 1 aliphatic heterocycles. The van der Waals surface area contributed by atoms with Gasteiger partial charge in [-0.05, 0) is 23.3 Å². The Morgan fingerprint density at radius 1 is 1.69 bits per heavy atom. The lowest BCUT2D eigenvalue weighted by Crippen LogP contribution is -2.18. The summed E-state index contributed by atoms with van der Waals surface area (Å²) in [6.45, 7) is 1.44. The van der Waals surface area contributed by atoms with Crippen molar-refractivity contribution in [3.05, 3.63) is 0 Å². The lowest BCUT2D eigenvalue weighted by Gasteiger charge is -2.09. The van der Waals surface area contributed by atoms with Crippen LogP contribution in [0.25, 0.3) is 0 Å². The number of tetrazole rings is 1. The number of aromatic nitrogens is 4. The second-order valence-corrected chi connectivity index (χ2v) is 4.48. The van der Waals surface area contributed by atoms with Gasteiger partial charge in [-0.3, -0.25) is 4.79 Å². The monoisotopic (exact) mass is 243 g/mol. The first-order chi connectivity index (χ1) is 7.75. The molecular formula is C8H13N5O2S. The number of ether oxygens (including phenoxy) is 1. The van der Waals surface area contributed by atoms with Gasteiger partial charge < -0.3 is 10.5 Å². The summed E-state index contributed by atoms with van der Waals surface area (Å²) in [5, 5.41) is 11.9. The Kier molecular flexibility index (Phi) is 3.73. The van der Waals surface area contributed by atoms with Crippen molar-refractivity contribution in [2.75, 3.05) is 12.4 Å². The maximum atomic E-state index is 10.6. The van der Waals surface area contributed by atoms with Crippen LogP contribution in [0.2, 0.25) is 0 Å². The summed E-state index contributed by atoms with van der Waals surface area (Å²) in [7, 11) is 0. The van der Waals surface area contributed by atoms with Crippen molar-refractivity contribution in [1.82, 2.24) is 20.2 Å². The SMILES string of the molecule is NC(=O)CSc1nnnn1CC1CCCO1. The van der Waals surface area contributed by atoms with Crippen molar-refractivity contribution in [3.8, 4) is 0 Å². The Morgan fingerprint density at radius 3 is 3.25 bits per heavy atom. The maximum Gasteiger partial charge on any atom is 0.227 e. The van der Waals surface area contributed by atoms with E-state index in [-0.39, 0.29) is 17.8 Å². The van der Waals surface area contributed by atoms with Crippen molar-refractivity contribution in [2.45, 2.75) is 30.6 Å². The van der Waals surface area contributed by atoms with Crippen LogP contribution in [0.3, 0.4) is 0 Å². The first-order valence-corrected chi connectivity index (χ1v) is 6.03. The molecular weight excluding hydrogens is 230 g/mol. The summed E-state index contributed by atoms with van der Waals surface area (Å²) in [6, 6.07) is 0. The van der Waals surface area contributed by atoms with Crippen LogP contribution in [0.15, 0.2) is 5.16 Å². The third-order valence-electron chi connectivity index (χ3n) is 2.24. The third kappa shape index (κ3) is 2.92. The molecule has 2 N–H and O–H groups in total. The van der Waals surface area contributed by atoms with Crippen molar-refractivity contribution in [3.63, 3.8) is 0 Å². The molecule has 1 atom stereocenters. The van der Waals surface area contributed by atoms with E-state index in [1.165, 1.54) is 11.8 Å². The maximum absolute atomic E-state index is 10.6. The molecule has 1 aromatic rings. The van der Waals surface area contributed by atoms with Crippen LogP contribution in [0.4, 0.5) is 0 Å². The minimum absolute atomic E-state index is 0.177. The molecule has 0 saturated carbocycles. The number of nitrogens with two attached hydrogens (primary N) is 1. The molecule has 1 saturated heterocycles. The van der Waals surface area contributed by atoms with Crippen molar-refractivity contribution in [1.29, 1.82) is 0 Å². The fourth-order valence-corrected chi connectivity index (χ4v) is 2.16. The van der Waals surface area contributed by atoms with Crippen molar-refractivity contribution in [2.24, 2.45) is 5.73 Å². The third-order valence-corrected chi connectivity index (χ3v) is 3.22. The Labute approximate surface area is 96.7 Å². The molecule has 0 aromatic carbocycles. The Bertz CT molecular complexity index is 363. The highest BCUT2D eigenvalue weighted by Gasteiger charge is 2.18. The van der Waals surface area contributed by atoms with Crippen molar-refractivity contribution >= 4 is 17.7 Å². The summed E-state index contributed by atoms with van der Waals surface area (Å²) in [6.07, 6.45) is 2.28. The van der Waals surface area contributed by atoms with Gasteiger partial charge >= 0.3 is 0 Å². The van der Waals surface area contributed by atoms with Gasteiger partial charge in [-0.15, -0.1) is 5.10 Å². The van der Waals surface area contributed by atoms with Gasteiger partial charge in [0, 0.05) is 6.61 Å². The summed E-state index contributed by atoms with van der Waals surface area (Å²) in [5.41, 5.74) is 5.06. The fraction of sp³-hybridized carbons (Fsp3) is 0.750. The predicted octanol–water partition coefficient (Wildman–Crippen LogP) is -0.571. The molecule has 0 spiro atoms. The Hall–Kier alpha value is -1.15. The van der Waals surface area contributed by atoms with Gasteiger partial charge in [-0.2, -0.15) is 0 Å². The van der Waals surface area contributed by atoms with Crippen LogP contribution in [0, 0.1) is 0 Å². The molecule has 8 heteroatoms. The van der Waals surface area contributed by atoms with E-state index in [0.717, 1.165) is 19.4 Å². The van der Waals surface area contributed by atoms with Crippen LogP contribution >= 0.6 is 11.8 Å². The number of hydrogen-bond donors (Lipinski definition) is 1. The average molecular weight is 243 g/mol. The zero-order chi connectivity index (χ0) is 11.4. The Morgan fingerprint density at radius 2 is 2.56 bits per heavy atom. The van der Waals surface area contributed by atoms with Gasteiger partial charge in [0.15, 0.2) is 0 Å². The van der Waals surface area contributed by atoms with E-state index in [4.69, 9.17) is 10.5 Å². The molecule has 0 bridgehead atoms. The van der Waals surface area contributed by atoms with Crippen LogP contribution in [-0.2, 0) is 16.1 Å². The average Bonchev–Trinajstić information content (AvgIpc) is 2.87. The highest BCUT2D eigenvalue weighted by atomic mass is 32.2. The molecule has 1 unspecified atom stereocenters. The van der Waals surface area contributed by atoms with Gasteiger partial charge in [0.25, 0.3) is 0 Å². The van der Waals surface area contributed by atoms with Gasteiger partial charge in [-0.1, -0.05) is 11.8 Å². The fourth-order valence-electron chi connectivity index (χ4n) is 1.53. The quantitative estimate of drug-likeness (QED) is 0.696. The van der Waals surface area contributed by atoms with E-state index in [2.05, 4.69) is 15.5 Å². The van der Waals surface area contributed by atoms with Gasteiger partial charge in [-0.25, -0.2) is 4.68 Å². The lowest BCUT2D eigenvalue weighted by atomic mass is 10.2. The molecule has 0 aliphatic carbocycles. The van der Waals surface area contributed by atoms with Crippen molar-refractivity contribution < 1.29 is 9.53 Å². The normalized spacial score (nSPS) is 20.1. The first kappa shape index (κ1) is 11.3. The molecule has 1 fully saturated rings. The smallest absolute Gasteiger partial charge is 0.227 e. The van der Waals surface area contributed by atoms with Crippen LogP contribution in [-0.4, -0.2) is 44.6 Å².